The number of fused-ring (bicyclic) bond motifs is 1. The Hall–Kier alpha value is -0.820. The first-order valence-corrected chi connectivity index (χ1v) is 7.49. The Bertz CT molecular complexity index is 417. The Morgan fingerprint density at radius 3 is 2.67 bits per heavy atom. The largest absolute Gasteiger partial charge is 0.310 e. The molecule has 1 fully saturated rings. The lowest BCUT2D eigenvalue weighted by molar-refractivity contribution is 0.273. The second kappa shape index (κ2) is 4.70. The van der Waals surface area contributed by atoms with Gasteiger partial charge in [0.25, 0.3) is 0 Å². The van der Waals surface area contributed by atoms with Gasteiger partial charge in [0.05, 0.1) is 0 Å². The molecule has 2 aliphatic rings. The van der Waals surface area contributed by atoms with E-state index in [0.29, 0.717) is 11.5 Å². The molecule has 1 unspecified atom stereocenters. The summed E-state index contributed by atoms with van der Waals surface area (Å²) in [7, 11) is 0. The molecule has 0 radical (unpaired) electrons. The van der Waals surface area contributed by atoms with Crippen molar-refractivity contribution in [3.05, 3.63) is 35.4 Å². The summed E-state index contributed by atoms with van der Waals surface area (Å²) in [6, 6.07) is 9.63. The maximum Gasteiger partial charge on any atom is 0.0323 e. The van der Waals surface area contributed by atoms with E-state index in [1.807, 2.05) is 0 Å². The summed E-state index contributed by atoms with van der Waals surface area (Å²) in [4.78, 5) is 0. The summed E-state index contributed by atoms with van der Waals surface area (Å²) in [6.07, 6.45) is 6.91. The molecule has 98 valence electrons. The van der Waals surface area contributed by atoms with Crippen LogP contribution in [0.1, 0.15) is 63.1 Å². The Morgan fingerprint density at radius 2 is 1.94 bits per heavy atom. The summed E-state index contributed by atoms with van der Waals surface area (Å²) >= 11 is 0. The molecule has 1 aromatic rings. The van der Waals surface area contributed by atoms with E-state index in [0.717, 1.165) is 5.92 Å². The van der Waals surface area contributed by atoms with Crippen molar-refractivity contribution in [2.24, 2.45) is 5.92 Å². The van der Waals surface area contributed by atoms with Crippen molar-refractivity contribution in [2.45, 2.75) is 57.4 Å². The molecular weight excluding hydrogens is 218 g/mol. The minimum Gasteiger partial charge on any atom is -0.310 e. The first kappa shape index (κ1) is 12.2. The Kier molecular flexibility index (Phi) is 3.19. The van der Waals surface area contributed by atoms with Gasteiger partial charge in [-0.3, -0.25) is 0 Å². The molecule has 0 aromatic heterocycles. The van der Waals surface area contributed by atoms with Crippen molar-refractivity contribution in [1.29, 1.82) is 0 Å². The van der Waals surface area contributed by atoms with E-state index < -0.39 is 0 Å². The quantitative estimate of drug-likeness (QED) is 0.839. The van der Waals surface area contributed by atoms with Gasteiger partial charge >= 0.3 is 0 Å². The molecule has 0 heterocycles. The van der Waals surface area contributed by atoms with Crippen molar-refractivity contribution in [3.63, 3.8) is 0 Å². The van der Waals surface area contributed by atoms with Gasteiger partial charge in [0.15, 0.2) is 0 Å². The van der Waals surface area contributed by atoms with Gasteiger partial charge in [-0.1, -0.05) is 44.5 Å². The number of nitrogens with one attached hydrogen (secondary N) is 1. The van der Waals surface area contributed by atoms with E-state index in [2.05, 4.69) is 43.4 Å². The predicted octanol–water partition coefficient (Wildman–Crippen LogP) is 4.19. The molecule has 2 aliphatic carbocycles. The van der Waals surface area contributed by atoms with Gasteiger partial charge in [0.1, 0.15) is 0 Å². The van der Waals surface area contributed by atoms with Crippen LogP contribution in [0.3, 0.4) is 0 Å². The van der Waals surface area contributed by atoms with Crippen LogP contribution in [0.5, 0.6) is 0 Å². The van der Waals surface area contributed by atoms with E-state index in [9.17, 15) is 0 Å². The molecule has 0 saturated heterocycles. The monoisotopic (exact) mass is 243 g/mol. The normalized spacial score (nSPS) is 26.4. The highest BCUT2D eigenvalue weighted by molar-refractivity contribution is 5.38. The lowest BCUT2D eigenvalue weighted by Gasteiger charge is -2.38. The molecule has 1 heteroatoms. The smallest absolute Gasteiger partial charge is 0.0323 e. The third-order valence-corrected chi connectivity index (χ3v) is 5.00. The van der Waals surface area contributed by atoms with E-state index in [4.69, 9.17) is 0 Å². The first-order chi connectivity index (χ1) is 8.67. The van der Waals surface area contributed by atoms with Crippen molar-refractivity contribution in [2.75, 3.05) is 6.54 Å². The Labute approximate surface area is 111 Å². The third kappa shape index (κ3) is 2.21. The van der Waals surface area contributed by atoms with Crippen LogP contribution >= 0.6 is 0 Å². The maximum atomic E-state index is 3.82. The van der Waals surface area contributed by atoms with Crippen molar-refractivity contribution >= 4 is 0 Å². The summed E-state index contributed by atoms with van der Waals surface area (Å²) in [5.74, 6) is 0.951. The fourth-order valence-corrected chi connectivity index (χ4v) is 3.43. The zero-order chi connectivity index (χ0) is 12.6. The molecule has 18 heavy (non-hydrogen) atoms. The SMILES string of the molecule is CC1(C)CCC(NCC2CCC2)c2ccccc21. The molecule has 0 bridgehead atoms. The van der Waals surface area contributed by atoms with Gasteiger partial charge in [0.2, 0.25) is 0 Å². The predicted molar refractivity (Wildman–Crippen MR) is 76.8 cm³/mol. The van der Waals surface area contributed by atoms with Crippen LogP contribution in [0.2, 0.25) is 0 Å². The molecule has 0 amide bonds. The van der Waals surface area contributed by atoms with Crippen LogP contribution in [0.4, 0.5) is 0 Å². The average Bonchev–Trinajstić information content (AvgIpc) is 2.30. The van der Waals surface area contributed by atoms with Crippen LogP contribution in [-0.4, -0.2) is 6.54 Å². The summed E-state index contributed by atoms with van der Waals surface area (Å²) in [6.45, 7) is 5.99. The Morgan fingerprint density at radius 1 is 1.17 bits per heavy atom. The fourth-order valence-electron chi connectivity index (χ4n) is 3.43. The lowest BCUT2D eigenvalue weighted by atomic mass is 9.71. The molecule has 1 nitrogen and oxygen atoms in total. The number of hydrogen-bond acceptors (Lipinski definition) is 1. The third-order valence-electron chi connectivity index (χ3n) is 5.00. The topological polar surface area (TPSA) is 12.0 Å². The van der Waals surface area contributed by atoms with Crippen LogP contribution in [-0.2, 0) is 5.41 Å². The van der Waals surface area contributed by atoms with Crippen molar-refractivity contribution < 1.29 is 0 Å². The van der Waals surface area contributed by atoms with Crippen LogP contribution < -0.4 is 5.32 Å². The van der Waals surface area contributed by atoms with E-state index in [-0.39, 0.29) is 0 Å². The zero-order valence-corrected chi connectivity index (χ0v) is 11.7. The standard InChI is InChI=1S/C17H25N/c1-17(2)11-10-16(18-12-13-6-5-7-13)14-8-3-4-9-15(14)17/h3-4,8-9,13,16,18H,5-7,10-12H2,1-2H3. The van der Waals surface area contributed by atoms with Gasteiger partial charge in [-0.05, 0) is 54.7 Å². The van der Waals surface area contributed by atoms with Crippen LogP contribution in [0.25, 0.3) is 0 Å². The highest BCUT2D eigenvalue weighted by Crippen LogP contribution is 2.41. The van der Waals surface area contributed by atoms with Gasteiger partial charge in [-0.2, -0.15) is 0 Å². The second-order valence-corrected chi connectivity index (χ2v) is 6.77. The fraction of sp³-hybridized carbons (Fsp3) is 0.647. The van der Waals surface area contributed by atoms with Gasteiger partial charge in [0, 0.05) is 6.04 Å². The minimum atomic E-state index is 0.352. The zero-order valence-electron chi connectivity index (χ0n) is 11.7. The van der Waals surface area contributed by atoms with Gasteiger partial charge < -0.3 is 5.32 Å². The molecule has 1 atom stereocenters. The van der Waals surface area contributed by atoms with Crippen molar-refractivity contribution in [1.82, 2.24) is 5.32 Å². The van der Waals surface area contributed by atoms with E-state index in [1.165, 1.54) is 38.6 Å². The van der Waals surface area contributed by atoms with E-state index in [1.54, 1.807) is 11.1 Å². The number of hydrogen-bond donors (Lipinski definition) is 1. The average molecular weight is 243 g/mol. The lowest BCUT2D eigenvalue weighted by Crippen LogP contribution is -2.36. The molecule has 3 rings (SSSR count). The summed E-state index contributed by atoms with van der Waals surface area (Å²) in [5, 5.41) is 3.82. The molecule has 0 spiro atoms. The van der Waals surface area contributed by atoms with Crippen molar-refractivity contribution in [3.8, 4) is 0 Å². The highest BCUT2D eigenvalue weighted by atomic mass is 14.9. The molecule has 0 aliphatic heterocycles. The minimum absolute atomic E-state index is 0.352. The Balaban J connectivity index is 1.76. The molecule has 1 aromatic carbocycles. The van der Waals surface area contributed by atoms with Gasteiger partial charge in [-0.15, -0.1) is 0 Å². The highest BCUT2D eigenvalue weighted by Gasteiger charge is 2.32. The van der Waals surface area contributed by atoms with Crippen LogP contribution in [0, 0.1) is 5.92 Å². The molecular formula is C17H25N. The second-order valence-electron chi connectivity index (χ2n) is 6.77. The summed E-state index contributed by atoms with van der Waals surface area (Å²) in [5.41, 5.74) is 3.46. The first-order valence-electron chi connectivity index (χ1n) is 7.49. The molecule has 1 saturated carbocycles. The van der Waals surface area contributed by atoms with Gasteiger partial charge in [-0.25, -0.2) is 0 Å². The number of benzene rings is 1. The van der Waals surface area contributed by atoms with E-state index >= 15 is 0 Å². The van der Waals surface area contributed by atoms with Crippen LogP contribution in [0.15, 0.2) is 24.3 Å². The number of rotatable bonds is 3. The molecule has 1 N–H and O–H groups in total. The maximum absolute atomic E-state index is 3.82. The summed E-state index contributed by atoms with van der Waals surface area (Å²) < 4.78 is 0.